The van der Waals surface area contributed by atoms with Crippen LogP contribution in [0.15, 0.2) is 16.8 Å². The Labute approximate surface area is 125 Å². The summed E-state index contributed by atoms with van der Waals surface area (Å²) < 4.78 is 5.25. The Bertz CT molecular complexity index is 397. The van der Waals surface area contributed by atoms with Crippen molar-refractivity contribution in [3.63, 3.8) is 0 Å². The van der Waals surface area contributed by atoms with Crippen LogP contribution >= 0.6 is 11.3 Å². The fourth-order valence-electron chi connectivity index (χ4n) is 1.69. The lowest BCUT2D eigenvalue weighted by molar-refractivity contribution is 0.0516. The number of rotatable bonds is 6. The highest BCUT2D eigenvalue weighted by Gasteiger charge is 2.19. The number of hydrogen-bond acceptors (Lipinski definition) is 4. The van der Waals surface area contributed by atoms with E-state index in [1.54, 1.807) is 11.3 Å². The van der Waals surface area contributed by atoms with E-state index < -0.39 is 5.60 Å². The Balaban J connectivity index is 2.37. The topological polar surface area (TPSA) is 50.4 Å². The van der Waals surface area contributed by atoms with Crippen LogP contribution < -0.4 is 10.6 Å². The van der Waals surface area contributed by atoms with Crippen LogP contribution in [-0.4, -0.2) is 24.8 Å². The highest BCUT2D eigenvalue weighted by molar-refractivity contribution is 7.08. The molecule has 0 bridgehead atoms. The molecule has 0 aromatic carbocycles. The molecule has 2 N–H and O–H groups in total. The Morgan fingerprint density at radius 1 is 1.35 bits per heavy atom. The van der Waals surface area contributed by atoms with Crippen LogP contribution in [0.4, 0.5) is 10.5 Å². The summed E-state index contributed by atoms with van der Waals surface area (Å²) >= 11 is 1.67. The lowest BCUT2D eigenvalue weighted by Crippen LogP contribution is -2.38. The Hall–Kier alpha value is -1.23. The number of thiophene rings is 1. The third-order valence-electron chi connectivity index (χ3n) is 2.94. The minimum atomic E-state index is -0.452. The van der Waals surface area contributed by atoms with Gasteiger partial charge >= 0.3 is 6.09 Å². The van der Waals surface area contributed by atoms with Gasteiger partial charge in [0.1, 0.15) is 5.60 Å². The molecule has 0 aliphatic carbocycles. The van der Waals surface area contributed by atoms with E-state index in [1.165, 1.54) is 0 Å². The summed E-state index contributed by atoms with van der Waals surface area (Å²) in [5.74, 6) is 0.846. The largest absolute Gasteiger partial charge is 0.444 e. The summed E-state index contributed by atoms with van der Waals surface area (Å²) in [6.07, 6.45) is -0.348. The summed E-state index contributed by atoms with van der Waals surface area (Å²) in [7, 11) is 0. The van der Waals surface area contributed by atoms with E-state index in [4.69, 9.17) is 4.74 Å². The maximum absolute atomic E-state index is 11.7. The molecule has 4 nitrogen and oxygen atoms in total. The van der Waals surface area contributed by atoms with Gasteiger partial charge in [-0.15, -0.1) is 0 Å². The van der Waals surface area contributed by atoms with Crippen molar-refractivity contribution in [3.8, 4) is 0 Å². The van der Waals surface area contributed by atoms with Crippen molar-refractivity contribution in [1.29, 1.82) is 0 Å². The minimum absolute atomic E-state index is 0.348. The van der Waals surface area contributed by atoms with Crippen LogP contribution in [0.1, 0.15) is 34.6 Å². The van der Waals surface area contributed by atoms with Gasteiger partial charge in [0, 0.05) is 24.2 Å². The first kappa shape index (κ1) is 16.8. The smallest absolute Gasteiger partial charge is 0.407 e. The maximum atomic E-state index is 11.7. The molecule has 5 heteroatoms. The molecule has 0 fully saturated rings. The number of carbonyl (C=O) groups is 1. The molecule has 114 valence electrons. The fraction of sp³-hybridized carbons (Fsp3) is 0.667. The van der Waals surface area contributed by atoms with Crippen molar-refractivity contribution >= 4 is 23.1 Å². The molecular weight excluding hydrogens is 272 g/mol. The van der Waals surface area contributed by atoms with Gasteiger partial charge < -0.3 is 15.4 Å². The predicted octanol–water partition coefficient (Wildman–Crippen LogP) is 3.96. The minimum Gasteiger partial charge on any atom is -0.444 e. The average Bonchev–Trinajstić information content (AvgIpc) is 2.78. The second-order valence-electron chi connectivity index (χ2n) is 6.28. The van der Waals surface area contributed by atoms with E-state index in [2.05, 4.69) is 35.9 Å². The maximum Gasteiger partial charge on any atom is 0.407 e. The van der Waals surface area contributed by atoms with Gasteiger partial charge in [-0.3, -0.25) is 0 Å². The third kappa shape index (κ3) is 6.80. The van der Waals surface area contributed by atoms with Crippen LogP contribution in [0, 0.1) is 11.8 Å². The molecule has 0 spiro atoms. The molecule has 0 radical (unpaired) electrons. The third-order valence-corrected chi connectivity index (χ3v) is 3.62. The number of alkyl carbamates (subject to hydrolysis) is 1. The molecular formula is C15H26N2O2S. The lowest BCUT2D eigenvalue weighted by Gasteiger charge is -2.24. The van der Waals surface area contributed by atoms with Gasteiger partial charge in [0.15, 0.2) is 0 Å². The summed E-state index contributed by atoms with van der Waals surface area (Å²) in [5.41, 5.74) is 0.685. The number of hydrogen-bond donors (Lipinski definition) is 2. The molecule has 0 aliphatic rings. The fourth-order valence-corrected chi connectivity index (χ4v) is 2.30. The molecule has 1 heterocycles. The monoisotopic (exact) mass is 298 g/mol. The summed E-state index contributed by atoms with van der Waals surface area (Å²) in [5, 5.41) is 10.4. The first-order chi connectivity index (χ1) is 9.28. The molecule has 1 aromatic rings. The second kappa shape index (κ2) is 7.53. The summed E-state index contributed by atoms with van der Waals surface area (Å²) in [6, 6.07) is 2.06. The molecule has 20 heavy (non-hydrogen) atoms. The van der Waals surface area contributed by atoms with Crippen LogP contribution in [0.5, 0.6) is 0 Å². The average molecular weight is 298 g/mol. The van der Waals surface area contributed by atoms with Gasteiger partial charge in [-0.2, -0.15) is 11.3 Å². The lowest BCUT2D eigenvalue weighted by atomic mass is 9.96. The normalized spacial score (nSPS) is 13.1. The Morgan fingerprint density at radius 3 is 2.55 bits per heavy atom. The van der Waals surface area contributed by atoms with Crippen LogP contribution in [0.2, 0.25) is 0 Å². The number of ether oxygens (including phenoxy) is 1. The van der Waals surface area contributed by atoms with E-state index in [-0.39, 0.29) is 6.09 Å². The predicted molar refractivity (Wildman–Crippen MR) is 85.4 cm³/mol. The summed E-state index contributed by atoms with van der Waals surface area (Å²) in [4.78, 5) is 11.7. The Morgan fingerprint density at radius 2 is 2.05 bits per heavy atom. The van der Waals surface area contributed by atoms with Gasteiger partial charge in [0.05, 0.1) is 0 Å². The molecule has 1 unspecified atom stereocenters. The first-order valence-electron chi connectivity index (χ1n) is 7.01. The highest BCUT2D eigenvalue weighted by atomic mass is 32.1. The highest BCUT2D eigenvalue weighted by Crippen LogP contribution is 2.15. The zero-order valence-electron chi connectivity index (χ0n) is 13.0. The van der Waals surface area contributed by atoms with Crippen molar-refractivity contribution in [2.45, 2.75) is 40.2 Å². The van der Waals surface area contributed by atoms with E-state index in [0.717, 1.165) is 12.2 Å². The molecule has 0 saturated heterocycles. The van der Waals surface area contributed by atoms with Crippen LogP contribution in [0.3, 0.4) is 0 Å². The SMILES string of the molecule is CC(C)C(CNC(=O)OC(C)(C)C)CNc1ccsc1. The number of nitrogens with one attached hydrogen (secondary N) is 2. The van der Waals surface area contributed by atoms with Crippen molar-refractivity contribution in [2.24, 2.45) is 11.8 Å². The molecule has 0 aliphatic heterocycles. The molecule has 1 atom stereocenters. The van der Waals surface area contributed by atoms with E-state index in [9.17, 15) is 4.79 Å². The molecule has 1 amide bonds. The van der Waals surface area contributed by atoms with Crippen LogP contribution in [0.25, 0.3) is 0 Å². The zero-order valence-corrected chi connectivity index (χ0v) is 13.8. The number of amides is 1. The van der Waals surface area contributed by atoms with Crippen molar-refractivity contribution < 1.29 is 9.53 Å². The number of carbonyl (C=O) groups excluding carboxylic acids is 1. The van der Waals surface area contributed by atoms with Crippen LogP contribution in [-0.2, 0) is 4.74 Å². The standard InChI is InChI=1S/C15H26N2O2S/c1-11(2)12(8-16-13-6-7-20-10-13)9-17-14(18)19-15(3,4)5/h6-7,10-12,16H,8-9H2,1-5H3,(H,17,18). The van der Waals surface area contributed by atoms with Gasteiger partial charge in [-0.05, 0) is 44.1 Å². The molecule has 1 aromatic heterocycles. The van der Waals surface area contributed by atoms with Crippen molar-refractivity contribution in [1.82, 2.24) is 5.32 Å². The zero-order chi connectivity index (χ0) is 15.2. The van der Waals surface area contributed by atoms with Gasteiger partial charge in [0.2, 0.25) is 0 Å². The molecule has 0 saturated carbocycles. The summed E-state index contributed by atoms with van der Waals surface area (Å²) in [6.45, 7) is 11.4. The van der Waals surface area contributed by atoms with Crippen molar-refractivity contribution in [2.75, 3.05) is 18.4 Å². The Kier molecular flexibility index (Phi) is 6.33. The quantitative estimate of drug-likeness (QED) is 0.836. The first-order valence-corrected chi connectivity index (χ1v) is 7.95. The van der Waals surface area contributed by atoms with E-state index in [0.29, 0.717) is 18.4 Å². The van der Waals surface area contributed by atoms with E-state index >= 15 is 0 Å². The number of anilines is 1. The van der Waals surface area contributed by atoms with Crippen molar-refractivity contribution in [3.05, 3.63) is 16.8 Å². The molecule has 1 rings (SSSR count). The second-order valence-corrected chi connectivity index (χ2v) is 7.06. The van der Waals surface area contributed by atoms with Gasteiger partial charge in [0.25, 0.3) is 0 Å². The van der Waals surface area contributed by atoms with E-state index in [1.807, 2.05) is 26.2 Å². The van der Waals surface area contributed by atoms with Gasteiger partial charge in [-0.1, -0.05) is 13.8 Å². The van der Waals surface area contributed by atoms with Gasteiger partial charge in [-0.25, -0.2) is 4.79 Å².